The fourth-order valence-corrected chi connectivity index (χ4v) is 6.41. The Morgan fingerprint density at radius 1 is 0.750 bits per heavy atom. The normalized spacial score (nSPS) is 37.5. The largest absolute Gasteiger partial charge is 0.424 e. The third-order valence-electron chi connectivity index (χ3n) is 0.646. The molecule has 0 aromatic heterocycles. The molecule has 0 aromatic rings. The molecule has 0 saturated carbocycles. The molecule has 12 heavy (non-hydrogen) atoms. The van der Waals surface area contributed by atoms with Gasteiger partial charge in [-0.3, -0.25) is 0 Å². The van der Waals surface area contributed by atoms with Crippen LogP contribution in [0, 0.1) is 0 Å². The highest BCUT2D eigenvalue weighted by Crippen LogP contribution is 2.83. The second-order valence-corrected chi connectivity index (χ2v) is 7.81. The monoisotopic (exact) mass is 265 g/mol. The third-order valence-corrected chi connectivity index (χ3v) is 7.03. The minimum Gasteiger partial charge on any atom is -0.165 e. The van der Waals surface area contributed by atoms with Gasteiger partial charge >= 0.3 is 22.5 Å². The van der Waals surface area contributed by atoms with Gasteiger partial charge in [0.1, 0.15) is 0 Å². The molecule has 0 aliphatic carbocycles. The van der Waals surface area contributed by atoms with Gasteiger partial charge in [-0.2, -0.15) is 4.20 Å². The van der Waals surface area contributed by atoms with Gasteiger partial charge in [-0.05, 0) is 11.2 Å². The maximum absolute atomic E-state index is 12.4. The molecule has 0 N–H and O–H groups in total. The maximum Gasteiger partial charge on any atom is 0.424 e. The minimum atomic E-state index is -5.58. The summed E-state index contributed by atoms with van der Waals surface area (Å²) in [6.07, 6.45) is 0. The fraction of sp³-hybridized carbons (Fsp3) is 0. The van der Waals surface area contributed by atoms with Crippen LogP contribution in [0.2, 0.25) is 0 Å². The van der Waals surface area contributed by atoms with Gasteiger partial charge < -0.3 is 0 Å². The number of hydrogen-bond donors (Lipinski definition) is 0. The van der Waals surface area contributed by atoms with Gasteiger partial charge in [-0.1, -0.05) is 0 Å². The highest BCUT2D eigenvalue weighted by molar-refractivity contribution is 7.93. The van der Waals surface area contributed by atoms with Gasteiger partial charge in [0.2, 0.25) is 0 Å². The van der Waals surface area contributed by atoms with Crippen LogP contribution in [0.4, 0.5) is 21.0 Å². The molecule has 0 fully saturated rings. The molecule has 1 aliphatic heterocycles. The molecule has 72 valence electrons. The van der Waals surface area contributed by atoms with E-state index in [0.717, 1.165) is 0 Å². The van der Waals surface area contributed by atoms with E-state index in [2.05, 4.69) is 11.2 Å². The van der Waals surface area contributed by atoms with Gasteiger partial charge in [-0.15, -0.1) is 30.3 Å². The zero-order chi connectivity index (χ0) is 9.62. The molecular formula is ClF5N3P3. The van der Waals surface area contributed by atoms with E-state index in [9.17, 15) is 21.0 Å². The van der Waals surface area contributed by atoms with Gasteiger partial charge in [-0.25, -0.2) is 0 Å². The Labute approximate surface area is 69.0 Å². The Morgan fingerprint density at radius 2 is 1.17 bits per heavy atom. The average Bonchev–Trinajstić information content (AvgIpc) is 1.44. The van der Waals surface area contributed by atoms with Crippen molar-refractivity contribution in [3.05, 3.63) is 0 Å². The molecule has 1 rings (SSSR count). The second-order valence-electron chi connectivity index (χ2n) is 1.64. The van der Waals surface area contributed by atoms with Crippen LogP contribution in [0.25, 0.3) is 0 Å². The van der Waals surface area contributed by atoms with E-state index in [1.165, 1.54) is 0 Å². The Bertz CT molecular complexity index is 279. The molecule has 0 saturated heterocycles. The van der Waals surface area contributed by atoms with E-state index < -0.39 is 22.5 Å². The van der Waals surface area contributed by atoms with E-state index in [1.807, 2.05) is 9.03 Å². The average molecular weight is 265 g/mol. The zero-order valence-corrected chi connectivity index (χ0v) is 8.39. The standard InChI is InChI=1S/ClF5N3P3/c1-10(2)7-11(3,4)9-12(5,6)8-10. The summed E-state index contributed by atoms with van der Waals surface area (Å²) in [7, 11) is -11.2. The highest BCUT2D eigenvalue weighted by Gasteiger charge is 2.37. The molecule has 0 bridgehead atoms. The summed E-state index contributed by atoms with van der Waals surface area (Å²) < 4.78 is 67.0. The van der Waals surface area contributed by atoms with Crippen LogP contribution in [0.5, 0.6) is 0 Å². The molecule has 3 nitrogen and oxygen atoms in total. The van der Waals surface area contributed by atoms with Crippen molar-refractivity contribution in [2.75, 3.05) is 0 Å². The summed E-state index contributed by atoms with van der Waals surface area (Å²) in [6, 6.07) is 0. The molecule has 0 spiro atoms. The van der Waals surface area contributed by atoms with Crippen molar-refractivity contribution >= 4 is 33.8 Å². The first kappa shape index (κ1) is 10.7. The number of halogens is 6. The van der Waals surface area contributed by atoms with Gasteiger partial charge in [0.25, 0.3) is 0 Å². The summed E-state index contributed by atoms with van der Waals surface area (Å²) in [5.74, 6) is 0. The predicted octanol–water partition coefficient (Wildman–Crippen LogP) is 5.92. The van der Waals surface area contributed by atoms with Gasteiger partial charge in [0, 0.05) is 0 Å². The molecule has 1 unspecified atom stereocenters. The lowest BCUT2D eigenvalue weighted by Gasteiger charge is -2.10. The van der Waals surface area contributed by atoms with E-state index in [4.69, 9.17) is 0 Å². The lowest BCUT2D eigenvalue weighted by atomic mass is 13.8. The first-order valence-corrected chi connectivity index (χ1v) is 7.66. The van der Waals surface area contributed by atoms with Crippen molar-refractivity contribution in [3.8, 4) is 0 Å². The maximum atomic E-state index is 12.4. The van der Waals surface area contributed by atoms with E-state index in [0.29, 0.717) is 0 Å². The Morgan fingerprint density at radius 3 is 1.50 bits per heavy atom. The molecule has 0 radical (unpaired) electrons. The van der Waals surface area contributed by atoms with Crippen molar-refractivity contribution in [3.63, 3.8) is 0 Å². The number of nitrogens with zero attached hydrogens (tertiary/aromatic N) is 3. The molecule has 0 amide bonds. The second kappa shape index (κ2) is 2.81. The smallest absolute Gasteiger partial charge is 0.165 e. The predicted molar refractivity (Wildman–Crippen MR) is 39.4 cm³/mol. The van der Waals surface area contributed by atoms with Crippen LogP contribution in [-0.4, -0.2) is 0 Å². The molecule has 0 aromatic carbocycles. The SMILES string of the molecule is FP1(F)=NP(F)(F)=NP(F)(Cl)=N1. The van der Waals surface area contributed by atoms with Gasteiger partial charge in [0.15, 0.2) is 0 Å². The van der Waals surface area contributed by atoms with Crippen LogP contribution < -0.4 is 0 Å². The Balaban J connectivity index is 3.46. The Hall–Kier alpha value is 0.630. The quantitative estimate of drug-likeness (QED) is 0.385. The lowest BCUT2D eigenvalue weighted by molar-refractivity contribution is 0.698. The summed E-state index contributed by atoms with van der Waals surface area (Å²) in [6.45, 7) is -4.85. The van der Waals surface area contributed by atoms with Crippen molar-refractivity contribution in [1.82, 2.24) is 0 Å². The first-order valence-electron chi connectivity index (χ1n) is 2.21. The fourth-order valence-electron chi connectivity index (χ4n) is 0.442. The van der Waals surface area contributed by atoms with E-state index in [-0.39, 0.29) is 0 Å². The minimum absolute atomic E-state index is 1.77. The summed E-state index contributed by atoms with van der Waals surface area (Å²) in [5.41, 5.74) is 0. The van der Waals surface area contributed by atoms with Crippen LogP contribution in [-0.2, 0) is 0 Å². The molecule has 1 atom stereocenters. The highest BCUT2D eigenvalue weighted by atomic mass is 35.7. The van der Waals surface area contributed by atoms with Crippen LogP contribution >= 0.6 is 33.8 Å². The van der Waals surface area contributed by atoms with E-state index in [1.54, 1.807) is 4.52 Å². The summed E-state index contributed by atoms with van der Waals surface area (Å²) >= 11 is 4.59. The molecular weight excluding hydrogens is 265 g/mol. The number of rotatable bonds is 0. The molecule has 1 heterocycles. The third kappa shape index (κ3) is 2.84. The van der Waals surface area contributed by atoms with Crippen LogP contribution in [0.3, 0.4) is 0 Å². The van der Waals surface area contributed by atoms with E-state index >= 15 is 0 Å². The molecule has 1 aliphatic rings. The van der Waals surface area contributed by atoms with Crippen molar-refractivity contribution in [2.24, 2.45) is 13.5 Å². The van der Waals surface area contributed by atoms with Crippen molar-refractivity contribution in [2.45, 2.75) is 0 Å². The molecule has 12 heteroatoms. The topological polar surface area (TPSA) is 37.1 Å². The van der Waals surface area contributed by atoms with Gasteiger partial charge in [0.05, 0.1) is 0 Å². The van der Waals surface area contributed by atoms with Crippen molar-refractivity contribution < 1.29 is 21.0 Å². The number of hydrogen-bond acceptors (Lipinski definition) is 3. The van der Waals surface area contributed by atoms with Crippen molar-refractivity contribution in [1.29, 1.82) is 0 Å². The first-order chi connectivity index (χ1) is 5.12. The summed E-state index contributed by atoms with van der Waals surface area (Å²) in [5, 5.41) is 0. The van der Waals surface area contributed by atoms with Crippen LogP contribution in [0.15, 0.2) is 13.5 Å². The lowest BCUT2D eigenvalue weighted by Crippen LogP contribution is -1.66. The summed E-state index contributed by atoms with van der Waals surface area (Å²) in [4.78, 5) is 0. The van der Waals surface area contributed by atoms with Crippen LogP contribution in [0.1, 0.15) is 0 Å². The zero-order valence-electron chi connectivity index (χ0n) is 4.95. The Kier molecular flexibility index (Phi) is 2.51.